The Morgan fingerprint density at radius 1 is 1.16 bits per heavy atom. The van der Waals surface area contributed by atoms with Crippen molar-refractivity contribution >= 4 is 17.5 Å². The van der Waals surface area contributed by atoms with Gasteiger partial charge in [0.15, 0.2) is 0 Å². The van der Waals surface area contributed by atoms with E-state index in [1.54, 1.807) is 25.4 Å². The van der Waals surface area contributed by atoms with Gasteiger partial charge in [0.05, 0.1) is 14.2 Å². The summed E-state index contributed by atoms with van der Waals surface area (Å²) >= 11 is 0. The van der Waals surface area contributed by atoms with E-state index in [2.05, 4.69) is 33.8 Å². The Labute approximate surface area is 148 Å². The van der Waals surface area contributed by atoms with Crippen LogP contribution in [0.1, 0.15) is 17.3 Å². The van der Waals surface area contributed by atoms with Gasteiger partial charge in [-0.2, -0.15) is 0 Å². The molecule has 0 radical (unpaired) electrons. The van der Waals surface area contributed by atoms with Crippen LogP contribution in [0.15, 0.2) is 42.6 Å². The number of nitrogens with zero attached hydrogens (tertiary/aromatic N) is 3. The molecule has 2 aromatic rings. The number of hydrogen-bond acceptors (Lipinski definition) is 6. The molecule has 1 aromatic heterocycles. The molecular formula is C19H23N3O3. The fraction of sp³-hybridized carbons (Fsp3) is 0.368. The Hall–Kier alpha value is -2.76. The lowest BCUT2D eigenvalue weighted by Gasteiger charge is -2.42. The molecule has 2 heterocycles. The zero-order chi connectivity index (χ0) is 17.8. The summed E-state index contributed by atoms with van der Waals surface area (Å²) in [6, 6.07) is 11.8. The third-order valence-corrected chi connectivity index (χ3v) is 4.53. The van der Waals surface area contributed by atoms with Crippen LogP contribution in [0.2, 0.25) is 0 Å². The zero-order valence-electron chi connectivity index (χ0n) is 14.8. The Kier molecular flexibility index (Phi) is 5.07. The van der Waals surface area contributed by atoms with Crippen molar-refractivity contribution < 1.29 is 14.3 Å². The van der Waals surface area contributed by atoms with Crippen molar-refractivity contribution in [3.63, 3.8) is 0 Å². The van der Waals surface area contributed by atoms with E-state index in [4.69, 9.17) is 9.47 Å². The highest BCUT2D eigenvalue weighted by Gasteiger charge is 2.28. The van der Waals surface area contributed by atoms with Crippen LogP contribution >= 0.6 is 0 Å². The second kappa shape index (κ2) is 7.42. The molecule has 1 saturated heterocycles. The number of esters is 1. The molecule has 0 spiro atoms. The lowest BCUT2D eigenvalue weighted by atomic mass is 10.1. The topological polar surface area (TPSA) is 54.9 Å². The normalized spacial score (nSPS) is 17.3. The highest BCUT2D eigenvalue weighted by Crippen LogP contribution is 2.26. The summed E-state index contributed by atoms with van der Waals surface area (Å²) in [7, 11) is 3.06. The van der Waals surface area contributed by atoms with E-state index in [9.17, 15) is 4.79 Å². The summed E-state index contributed by atoms with van der Waals surface area (Å²) in [5.41, 5.74) is 1.68. The van der Waals surface area contributed by atoms with E-state index in [1.807, 2.05) is 12.1 Å². The van der Waals surface area contributed by atoms with E-state index in [-0.39, 0.29) is 12.0 Å². The van der Waals surface area contributed by atoms with E-state index >= 15 is 0 Å². The number of pyridine rings is 1. The lowest BCUT2D eigenvalue weighted by molar-refractivity contribution is 0.0601. The molecule has 1 aliphatic rings. The summed E-state index contributed by atoms with van der Waals surface area (Å²) in [4.78, 5) is 21.0. The summed E-state index contributed by atoms with van der Waals surface area (Å²) in [6.07, 6.45) is 1.71. The van der Waals surface area contributed by atoms with Crippen LogP contribution in [0.3, 0.4) is 0 Å². The number of hydrogen-bond donors (Lipinski definition) is 0. The molecule has 1 unspecified atom stereocenters. The van der Waals surface area contributed by atoms with E-state index < -0.39 is 0 Å². The van der Waals surface area contributed by atoms with Crippen LogP contribution in [0.4, 0.5) is 11.5 Å². The maximum absolute atomic E-state index is 12.0. The van der Waals surface area contributed by atoms with Gasteiger partial charge in [0.25, 0.3) is 0 Å². The first-order valence-electron chi connectivity index (χ1n) is 8.33. The number of anilines is 2. The van der Waals surface area contributed by atoms with Crippen LogP contribution in [-0.4, -0.2) is 50.8 Å². The number of rotatable bonds is 4. The van der Waals surface area contributed by atoms with Crippen molar-refractivity contribution in [1.29, 1.82) is 0 Å². The molecule has 3 rings (SSSR count). The monoisotopic (exact) mass is 341 g/mol. The number of carbonyl (C=O) groups excluding carboxylic acids is 1. The van der Waals surface area contributed by atoms with E-state index in [0.717, 1.165) is 25.4 Å². The van der Waals surface area contributed by atoms with E-state index in [0.29, 0.717) is 11.4 Å². The summed E-state index contributed by atoms with van der Waals surface area (Å²) in [5, 5.41) is 0. The number of carbonyl (C=O) groups is 1. The number of aromatic nitrogens is 1. The fourth-order valence-corrected chi connectivity index (χ4v) is 3.19. The third kappa shape index (κ3) is 3.52. The van der Waals surface area contributed by atoms with Gasteiger partial charge in [-0.25, -0.2) is 9.78 Å². The van der Waals surface area contributed by atoms with Gasteiger partial charge in [0.2, 0.25) is 0 Å². The van der Waals surface area contributed by atoms with Crippen LogP contribution in [0.5, 0.6) is 5.75 Å². The summed E-state index contributed by atoms with van der Waals surface area (Å²) < 4.78 is 10.1. The molecule has 1 atom stereocenters. The molecule has 6 heteroatoms. The minimum atomic E-state index is -0.354. The second-order valence-corrected chi connectivity index (χ2v) is 6.05. The summed E-state index contributed by atoms with van der Waals surface area (Å²) in [5.74, 6) is 1.19. The predicted molar refractivity (Wildman–Crippen MR) is 97.6 cm³/mol. The number of methoxy groups -OCH3 is 2. The second-order valence-electron chi connectivity index (χ2n) is 6.05. The lowest BCUT2D eigenvalue weighted by Crippen LogP contribution is -2.52. The highest BCUT2D eigenvalue weighted by atomic mass is 16.5. The molecule has 0 saturated carbocycles. The minimum absolute atomic E-state index is 0.217. The molecule has 1 fully saturated rings. The number of piperazine rings is 1. The molecule has 1 aliphatic heterocycles. The standard InChI is InChI=1S/C19H23N3O3/c1-14-13-21(15-6-8-16(24-2)9-7-15)11-12-22(14)18-17(19(23)25-3)5-4-10-20-18/h4-10,14H,11-13H2,1-3H3. The Morgan fingerprint density at radius 2 is 1.92 bits per heavy atom. The average Bonchev–Trinajstić information content (AvgIpc) is 2.67. The molecule has 0 aliphatic carbocycles. The van der Waals surface area contributed by atoms with Crippen molar-refractivity contribution in [1.82, 2.24) is 4.98 Å². The molecular weight excluding hydrogens is 318 g/mol. The van der Waals surface area contributed by atoms with Crippen LogP contribution in [-0.2, 0) is 4.74 Å². The Balaban J connectivity index is 1.77. The van der Waals surface area contributed by atoms with Gasteiger partial charge in [-0.15, -0.1) is 0 Å². The smallest absolute Gasteiger partial charge is 0.341 e. The Bertz CT molecular complexity index is 733. The Morgan fingerprint density at radius 3 is 2.56 bits per heavy atom. The molecule has 132 valence electrons. The average molecular weight is 341 g/mol. The van der Waals surface area contributed by atoms with Gasteiger partial charge < -0.3 is 19.3 Å². The first-order valence-corrected chi connectivity index (χ1v) is 8.33. The maximum atomic E-state index is 12.0. The van der Waals surface area contributed by atoms with Crippen LogP contribution in [0, 0.1) is 0 Å². The van der Waals surface area contributed by atoms with Crippen molar-refractivity contribution in [3.05, 3.63) is 48.2 Å². The van der Waals surface area contributed by atoms with Crippen molar-refractivity contribution in [2.24, 2.45) is 0 Å². The highest BCUT2D eigenvalue weighted by molar-refractivity contribution is 5.94. The fourth-order valence-electron chi connectivity index (χ4n) is 3.19. The molecule has 0 amide bonds. The molecule has 25 heavy (non-hydrogen) atoms. The minimum Gasteiger partial charge on any atom is -0.497 e. The first-order chi connectivity index (χ1) is 12.1. The SMILES string of the molecule is COC(=O)c1cccnc1N1CCN(c2ccc(OC)cc2)CC1C. The maximum Gasteiger partial charge on any atom is 0.341 e. The van der Waals surface area contributed by atoms with Gasteiger partial charge in [0.1, 0.15) is 17.1 Å². The van der Waals surface area contributed by atoms with Crippen molar-refractivity contribution in [3.8, 4) is 5.75 Å². The van der Waals surface area contributed by atoms with Gasteiger partial charge in [-0.1, -0.05) is 0 Å². The van der Waals surface area contributed by atoms with Crippen molar-refractivity contribution in [2.45, 2.75) is 13.0 Å². The molecule has 0 bridgehead atoms. The van der Waals surface area contributed by atoms with Gasteiger partial charge >= 0.3 is 5.97 Å². The summed E-state index contributed by atoms with van der Waals surface area (Å²) in [6.45, 7) is 4.64. The van der Waals surface area contributed by atoms with Crippen LogP contribution in [0.25, 0.3) is 0 Å². The van der Waals surface area contributed by atoms with E-state index in [1.165, 1.54) is 12.8 Å². The zero-order valence-corrected chi connectivity index (χ0v) is 14.8. The largest absolute Gasteiger partial charge is 0.497 e. The van der Waals surface area contributed by atoms with Gasteiger partial charge in [0, 0.05) is 37.6 Å². The first kappa shape index (κ1) is 17.1. The number of benzene rings is 1. The van der Waals surface area contributed by atoms with Gasteiger partial charge in [-0.3, -0.25) is 0 Å². The quantitative estimate of drug-likeness (QED) is 0.797. The molecule has 6 nitrogen and oxygen atoms in total. The predicted octanol–water partition coefficient (Wildman–Crippen LogP) is 2.59. The molecule has 0 N–H and O–H groups in total. The number of ether oxygens (including phenoxy) is 2. The van der Waals surface area contributed by atoms with Crippen molar-refractivity contribution in [2.75, 3.05) is 43.7 Å². The third-order valence-electron chi connectivity index (χ3n) is 4.53. The van der Waals surface area contributed by atoms with Gasteiger partial charge in [-0.05, 0) is 43.3 Å². The molecule has 1 aromatic carbocycles. The van der Waals surface area contributed by atoms with Crippen LogP contribution < -0.4 is 14.5 Å².